The first-order chi connectivity index (χ1) is 11.3. The zero-order valence-electron chi connectivity index (χ0n) is 13.8. The molecule has 23 heavy (non-hydrogen) atoms. The van der Waals surface area contributed by atoms with E-state index >= 15 is 0 Å². The highest BCUT2D eigenvalue weighted by atomic mass is 16.6. The van der Waals surface area contributed by atoms with E-state index in [1.165, 1.54) is 6.42 Å². The Hall–Kier alpha value is -1.53. The van der Waals surface area contributed by atoms with Crippen LogP contribution in [0.3, 0.4) is 0 Å². The molecular weight excluding hydrogens is 296 g/mol. The summed E-state index contributed by atoms with van der Waals surface area (Å²) in [6.07, 6.45) is 3.30. The van der Waals surface area contributed by atoms with Gasteiger partial charge in [0.15, 0.2) is 5.76 Å². The molecule has 0 spiro atoms. The van der Waals surface area contributed by atoms with Gasteiger partial charge in [-0.2, -0.15) is 0 Å². The number of hydrogen-bond acceptors (Lipinski definition) is 5. The van der Waals surface area contributed by atoms with Gasteiger partial charge in [-0.15, -0.1) is 0 Å². The molecule has 1 amide bonds. The van der Waals surface area contributed by atoms with Crippen molar-refractivity contribution in [3.05, 3.63) is 17.9 Å². The Kier molecular flexibility index (Phi) is 5.56. The van der Waals surface area contributed by atoms with Crippen molar-refractivity contribution < 1.29 is 18.7 Å². The van der Waals surface area contributed by atoms with Crippen LogP contribution in [-0.4, -0.2) is 67.7 Å². The number of amides is 1. The van der Waals surface area contributed by atoms with Crippen LogP contribution in [0.1, 0.15) is 36.7 Å². The molecular formula is C17H26N2O4. The van der Waals surface area contributed by atoms with Gasteiger partial charge in [-0.3, -0.25) is 9.69 Å². The summed E-state index contributed by atoms with van der Waals surface area (Å²) in [6.45, 7) is 7.64. The van der Waals surface area contributed by atoms with Gasteiger partial charge < -0.3 is 18.8 Å². The number of likely N-dealkylation sites (tertiary alicyclic amines) is 1. The highest BCUT2D eigenvalue weighted by molar-refractivity contribution is 5.92. The zero-order valence-corrected chi connectivity index (χ0v) is 13.8. The van der Waals surface area contributed by atoms with Crippen LogP contribution in [0.2, 0.25) is 0 Å². The molecule has 0 N–H and O–H groups in total. The topological polar surface area (TPSA) is 55.2 Å². The molecule has 3 heterocycles. The lowest BCUT2D eigenvalue weighted by molar-refractivity contribution is 0.0157. The van der Waals surface area contributed by atoms with Gasteiger partial charge >= 0.3 is 0 Å². The van der Waals surface area contributed by atoms with Gasteiger partial charge in [-0.25, -0.2) is 0 Å². The summed E-state index contributed by atoms with van der Waals surface area (Å²) >= 11 is 0. The zero-order chi connectivity index (χ0) is 16.1. The van der Waals surface area contributed by atoms with Crippen LogP contribution < -0.4 is 4.74 Å². The molecule has 1 aromatic heterocycles. The number of ether oxygens (including phenoxy) is 2. The molecule has 6 heteroatoms. The smallest absolute Gasteiger partial charge is 0.290 e. The molecule has 1 atom stereocenters. The van der Waals surface area contributed by atoms with Crippen molar-refractivity contribution in [3.8, 4) is 5.95 Å². The Bertz CT molecular complexity index is 510. The summed E-state index contributed by atoms with van der Waals surface area (Å²) in [5.41, 5.74) is 0. The number of carbonyl (C=O) groups excluding carboxylic acids is 1. The summed E-state index contributed by atoms with van der Waals surface area (Å²) in [5, 5.41) is 0. The van der Waals surface area contributed by atoms with E-state index in [4.69, 9.17) is 13.9 Å². The molecule has 0 aromatic carbocycles. The highest BCUT2D eigenvalue weighted by Gasteiger charge is 2.31. The minimum atomic E-state index is -0.0195. The Morgan fingerprint density at radius 1 is 1.26 bits per heavy atom. The Morgan fingerprint density at radius 3 is 2.87 bits per heavy atom. The molecule has 6 nitrogen and oxygen atoms in total. The maximum Gasteiger partial charge on any atom is 0.290 e. The minimum Gasteiger partial charge on any atom is -0.465 e. The van der Waals surface area contributed by atoms with E-state index in [1.54, 1.807) is 12.1 Å². The van der Waals surface area contributed by atoms with Crippen LogP contribution in [0.15, 0.2) is 16.5 Å². The van der Waals surface area contributed by atoms with Crippen LogP contribution in [-0.2, 0) is 4.74 Å². The van der Waals surface area contributed by atoms with Crippen LogP contribution in [0.5, 0.6) is 5.95 Å². The molecule has 2 saturated heterocycles. The highest BCUT2D eigenvalue weighted by Crippen LogP contribution is 2.23. The third-order valence-corrected chi connectivity index (χ3v) is 4.54. The molecule has 2 fully saturated rings. The maximum atomic E-state index is 12.8. The lowest BCUT2D eigenvalue weighted by atomic mass is 10.0. The quantitative estimate of drug-likeness (QED) is 0.830. The van der Waals surface area contributed by atoms with Crippen molar-refractivity contribution in [3.63, 3.8) is 0 Å². The van der Waals surface area contributed by atoms with E-state index in [1.807, 2.05) is 11.8 Å². The van der Waals surface area contributed by atoms with Crippen LogP contribution in [0.4, 0.5) is 0 Å². The minimum absolute atomic E-state index is 0.0195. The van der Waals surface area contributed by atoms with Gasteiger partial charge in [-0.05, 0) is 32.3 Å². The summed E-state index contributed by atoms with van der Waals surface area (Å²) < 4.78 is 16.3. The summed E-state index contributed by atoms with van der Waals surface area (Å²) in [7, 11) is 0. The van der Waals surface area contributed by atoms with Crippen molar-refractivity contribution >= 4 is 5.91 Å². The fourth-order valence-electron chi connectivity index (χ4n) is 3.34. The Labute approximate surface area is 137 Å². The molecule has 0 saturated carbocycles. The number of carbonyl (C=O) groups is 1. The summed E-state index contributed by atoms with van der Waals surface area (Å²) in [4.78, 5) is 17.2. The molecule has 1 aromatic rings. The van der Waals surface area contributed by atoms with E-state index in [2.05, 4.69) is 4.90 Å². The van der Waals surface area contributed by atoms with Crippen molar-refractivity contribution in [2.24, 2.45) is 0 Å². The average molecular weight is 322 g/mol. The Morgan fingerprint density at radius 2 is 2.09 bits per heavy atom. The number of morpholine rings is 1. The second kappa shape index (κ2) is 7.84. The molecule has 0 unspecified atom stereocenters. The predicted molar refractivity (Wildman–Crippen MR) is 85.8 cm³/mol. The van der Waals surface area contributed by atoms with Crippen LogP contribution >= 0.6 is 0 Å². The monoisotopic (exact) mass is 322 g/mol. The van der Waals surface area contributed by atoms with Crippen molar-refractivity contribution in [1.82, 2.24) is 9.80 Å². The molecule has 3 rings (SSSR count). The maximum absolute atomic E-state index is 12.8. The van der Waals surface area contributed by atoms with Crippen LogP contribution in [0, 0.1) is 0 Å². The van der Waals surface area contributed by atoms with Gasteiger partial charge in [0.2, 0.25) is 0 Å². The van der Waals surface area contributed by atoms with Gasteiger partial charge in [-0.1, -0.05) is 0 Å². The van der Waals surface area contributed by atoms with Crippen molar-refractivity contribution in [2.75, 3.05) is 46.0 Å². The number of furan rings is 1. The molecule has 0 radical (unpaired) electrons. The van der Waals surface area contributed by atoms with Gasteiger partial charge in [0.05, 0.1) is 19.8 Å². The fourth-order valence-corrected chi connectivity index (χ4v) is 3.34. The normalized spacial score (nSPS) is 23.0. The molecule has 0 bridgehead atoms. The average Bonchev–Trinajstić information content (AvgIpc) is 3.05. The van der Waals surface area contributed by atoms with Crippen molar-refractivity contribution in [2.45, 2.75) is 32.2 Å². The largest absolute Gasteiger partial charge is 0.465 e. The SMILES string of the molecule is CCOc1ccc(C(=O)N2CCCC[C@@H]2CN2CCOCC2)o1. The number of nitrogens with zero attached hydrogens (tertiary/aromatic N) is 2. The van der Waals surface area contributed by atoms with E-state index in [-0.39, 0.29) is 11.9 Å². The third-order valence-electron chi connectivity index (χ3n) is 4.54. The van der Waals surface area contributed by atoms with E-state index < -0.39 is 0 Å². The molecule has 128 valence electrons. The molecule has 2 aliphatic rings. The van der Waals surface area contributed by atoms with E-state index in [0.29, 0.717) is 18.3 Å². The fraction of sp³-hybridized carbons (Fsp3) is 0.706. The van der Waals surface area contributed by atoms with E-state index in [9.17, 15) is 4.79 Å². The first kappa shape index (κ1) is 16.3. The first-order valence-corrected chi connectivity index (χ1v) is 8.61. The summed E-state index contributed by atoms with van der Waals surface area (Å²) in [6, 6.07) is 3.70. The third kappa shape index (κ3) is 4.06. The lowest BCUT2D eigenvalue weighted by Crippen LogP contribution is -2.51. The lowest BCUT2D eigenvalue weighted by Gasteiger charge is -2.39. The molecule has 0 aliphatic carbocycles. The van der Waals surface area contributed by atoms with Crippen molar-refractivity contribution in [1.29, 1.82) is 0 Å². The Balaban J connectivity index is 1.65. The number of rotatable bonds is 5. The van der Waals surface area contributed by atoms with E-state index in [0.717, 1.165) is 52.2 Å². The second-order valence-corrected chi connectivity index (χ2v) is 6.11. The predicted octanol–water partition coefficient (Wildman–Crippen LogP) is 2.01. The number of piperidine rings is 1. The molecule has 2 aliphatic heterocycles. The van der Waals surface area contributed by atoms with Gasteiger partial charge in [0.1, 0.15) is 0 Å². The number of hydrogen-bond donors (Lipinski definition) is 0. The van der Waals surface area contributed by atoms with Gasteiger partial charge in [0.25, 0.3) is 11.9 Å². The first-order valence-electron chi connectivity index (χ1n) is 8.61. The standard InChI is InChI=1S/C17H26N2O4/c1-2-22-16-7-6-15(23-16)17(20)19-8-4-3-5-14(19)13-18-9-11-21-12-10-18/h6-7,14H,2-5,8-13H2,1H3/t14-/m1/s1. The second-order valence-electron chi connectivity index (χ2n) is 6.11. The summed E-state index contributed by atoms with van der Waals surface area (Å²) in [5.74, 6) is 0.772. The van der Waals surface area contributed by atoms with Gasteiger partial charge in [0, 0.05) is 38.3 Å². The van der Waals surface area contributed by atoms with Crippen LogP contribution in [0.25, 0.3) is 0 Å².